The molecule has 1 N–H and O–H groups in total. The zero-order valence-corrected chi connectivity index (χ0v) is 13.8. The highest BCUT2D eigenvalue weighted by molar-refractivity contribution is 9.10. The zero-order valence-electron chi connectivity index (χ0n) is 10.7. The maximum absolute atomic E-state index is 13.7. The van der Waals surface area contributed by atoms with Crippen LogP contribution < -0.4 is 4.72 Å². The quantitative estimate of drug-likeness (QED) is 0.777. The van der Waals surface area contributed by atoms with E-state index in [1.54, 1.807) is 0 Å². The SMILES string of the molecule is CC(C)CC(CCl)NS(=O)(=O)c1ccc(Br)cc1F. The summed E-state index contributed by atoms with van der Waals surface area (Å²) in [5, 5.41) is 0. The highest BCUT2D eigenvalue weighted by Crippen LogP contribution is 2.20. The molecule has 1 aromatic rings. The zero-order chi connectivity index (χ0) is 14.6. The van der Waals surface area contributed by atoms with Crippen LogP contribution in [0.3, 0.4) is 0 Å². The molecule has 0 aromatic heterocycles. The average molecular weight is 373 g/mol. The summed E-state index contributed by atoms with van der Waals surface area (Å²) in [5.74, 6) is -0.351. The lowest BCUT2D eigenvalue weighted by molar-refractivity contribution is 0.482. The van der Waals surface area contributed by atoms with Crippen LogP contribution in [-0.4, -0.2) is 20.3 Å². The van der Waals surface area contributed by atoms with Crippen LogP contribution in [0.25, 0.3) is 0 Å². The van der Waals surface area contributed by atoms with Gasteiger partial charge in [-0.1, -0.05) is 29.8 Å². The van der Waals surface area contributed by atoms with Gasteiger partial charge in [-0.15, -0.1) is 11.6 Å². The molecule has 0 aliphatic rings. The van der Waals surface area contributed by atoms with Crippen LogP contribution >= 0.6 is 27.5 Å². The Balaban J connectivity index is 2.97. The van der Waals surface area contributed by atoms with Crippen LogP contribution in [0.2, 0.25) is 0 Å². The standard InChI is InChI=1S/C12H16BrClFNO2S/c1-8(2)5-10(7-14)16-19(17,18)12-4-3-9(13)6-11(12)15/h3-4,6,8,10,16H,5,7H2,1-2H3. The van der Waals surface area contributed by atoms with Gasteiger partial charge in [0.25, 0.3) is 0 Å². The second-order valence-electron chi connectivity index (χ2n) is 4.68. The summed E-state index contributed by atoms with van der Waals surface area (Å²) in [6, 6.07) is 3.42. The van der Waals surface area contributed by atoms with Crippen LogP contribution in [0.1, 0.15) is 20.3 Å². The molecule has 3 nitrogen and oxygen atoms in total. The molecule has 108 valence electrons. The predicted octanol–water partition coefficient (Wildman–Crippen LogP) is 3.52. The maximum atomic E-state index is 13.7. The van der Waals surface area contributed by atoms with Crippen molar-refractivity contribution >= 4 is 37.6 Å². The number of hydrogen-bond donors (Lipinski definition) is 1. The summed E-state index contributed by atoms with van der Waals surface area (Å²) in [6.07, 6.45) is 0.598. The highest BCUT2D eigenvalue weighted by atomic mass is 79.9. The number of sulfonamides is 1. The van der Waals surface area contributed by atoms with Crippen molar-refractivity contribution in [3.05, 3.63) is 28.5 Å². The fourth-order valence-corrected chi connectivity index (χ4v) is 3.62. The molecule has 19 heavy (non-hydrogen) atoms. The first-order valence-corrected chi connectivity index (χ1v) is 8.60. The number of hydrogen-bond acceptors (Lipinski definition) is 2. The fraction of sp³-hybridized carbons (Fsp3) is 0.500. The molecule has 1 unspecified atom stereocenters. The van der Waals surface area contributed by atoms with Gasteiger partial charge in [0.2, 0.25) is 10.0 Å². The van der Waals surface area contributed by atoms with E-state index in [4.69, 9.17) is 11.6 Å². The van der Waals surface area contributed by atoms with Crippen LogP contribution in [0.5, 0.6) is 0 Å². The number of rotatable bonds is 6. The predicted molar refractivity (Wildman–Crippen MR) is 78.4 cm³/mol. The molecule has 1 rings (SSSR count). The van der Waals surface area contributed by atoms with Crippen molar-refractivity contribution in [3.8, 4) is 0 Å². The molecule has 0 saturated heterocycles. The molecule has 1 aromatic carbocycles. The largest absolute Gasteiger partial charge is 0.243 e. The van der Waals surface area contributed by atoms with E-state index in [2.05, 4.69) is 20.7 Å². The molecule has 0 aliphatic heterocycles. The number of benzene rings is 1. The Morgan fingerprint density at radius 3 is 2.53 bits per heavy atom. The Hall–Kier alpha value is -0.170. The minimum absolute atomic E-state index is 0.148. The summed E-state index contributed by atoms with van der Waals surface area (Å²) in [7, 11) is -3.89. The van der Waals surface area contributed by atoms with Gasteiger partial charge in [0, 0.05) is 16.4 Å². The molecule has 0 aliphatic carbocycles. The fourth-order valence-electron chi connectivity index (χ4n) is 1.69. The lowest BCUT2D eigenvalue weighted by atomic mass is 10.1. The topological polar surface area (TPSA) is 46.2 Å². The third-order valence-electron chi connectivity index (χ3n) is 2.45. The summed E-state index contributed by atoms with van der Waals surface area (Å²) in [5.41, 5.74) is 0. The summed E-state index contributed by atoms with van der Waals surface area (Å²) >= 11 is 8.83. The molecule has 0 fully saturated rings. The highest BCUT2D eigenvalue weighted by Gasteiger charge is 2.23. The van der Waals surface area contributed by atoms with Gasteiger partial charge in [0.1, 0.15) is 10.7 Å². The molecular weight excluding hydrogens is 357 g/mol. The van der Waals surface area contributed by atoms with Crippen molar-refractivity contribution in [1.29, 1.82) is 0 Å². The van der Waals surface area contributed by atoms with Gasteiger partial charge in [0.05, 0.1) is 0 Å². The van der Waals surface area contributed by atoms with Crippen molar-refractivity contribution in [2.24, 2.45) is 5.92 Å². The van der Waals surface area contributed by atoms with Crippen molar-refractivity contribution < 1.29 is 12.8 Å². The van der Waals surface area contributed by atoms with Crippen LogP contribution in [0.15, 0.2) is 27.6 Å². The van der Waals surface area contributed by atoms with E-state index < -0.39 is 21.9 Å². The first kappa shape index (κ1) is 16.9. The number of halogens is 3. The first-order chi connectivity index (χ1) is 8.76. The Labute approximate surface area is 126 Å². The molecule has 0 heterocycles. The van der Waals surface area contributed by atoms with Crippen molar-refractivity contribution in [2.45, 2.75) is 31.2 Å². The van der Waals surface area contributed by atoms with Crippen LogP contribution in [0.4, 0.5) is 4.39 Å². The Kier molecular flexibility index (Phi) is 6.23. The normalized spacial score (nSPS) is 13.8. The van der Waals surface area contributed by atoms with E-state index in [0.29, 0.717) is 16.8 Å². The van der Waals surface area contributed by atoms with E-state index in [1.165, 1.54) is 12.1 Å². The third kappa shape index (κ3) is 5.02. The van der Waals surface area contributed by atoms with Crippen molar-refractivity contribution in [2.75, 3.05) is 5.88 Å². The smallest absolute Gasteiger partial charge is 0.207 e. The minimum atomic E-state index is -3.89. The maximum Gasteiger partial charge on any atom is 0.243 e. The van der Waals surface area contributed by atoms with E-state index in [9.17, 15) is 12.8 Å². The van der Waals surface area contributed by atoms with E-state index in [1.807, 2.05) is 13.8 Å². The number of alkyl halides is 1. The van der Waals surface area contributed by atoms with Crippen molar-refractivity contribution in [1.82, 2.24) is 4.72 Å². The summed E-state index contributed by atoms with van der Waals surface area (Å²) in [6.45, 7) is 3.93. The van der Waals surface area contributed by atoms with Gasteiger partial charge in [-0.3, -0.25) is 0 Å². The third-order valence-corrected chi connectivity index (χ3v) is 4.87. The molecule has 0 spiro atoms. The molecule has 7 heteroatoms. The monoisotopic (exact) mass is 371 g/mol. The van der Waals surface area contributed by atoms with Gasteiger partial charge in [-0.25, -0.2) is 17.5 Å². The Morgan fingerprint density at radius 2 is 2.05 bits per heavy atom. The van der Waals surface area contributed by atoms with Gasteiger partial charge in [-0.2, -0.15) is 0 Å². The van der Waals surface area contributed by atoms with Crippen LogP contribution in [0, 0.1) is 11.7 Å². The molecule has 1 atom stereocenters. The molecule has 0 bridgehead atoms. The van der Waals surface area contributed by atoms with E-state index >= 15 is 0 Å². The minimum Gasteiger partial charge on any atom is -0.207 e. The average Bonchev–Trinajstić information content (AvgIpc) is 2.26. The van der Waals surface area contributed by atoms with Crippen molar-refractivity contribution in [3.63, 3.8) is 0 Å². The van der Waals surface area contributed by atoms with E-state index in [-0.39, 0.29) is 10.8 Å². The lowest BCUT2D eigenvalue weighted by Gasteiger charge is -2.18. The summed E-state index contributed by atoms with van der Waals surface area (Å²) < 4.78 is 40.8. The molecule has 0 saturated carbocycles. The Bertz CT molecular complexity index is 537. The second kappa shape index (κ2) is 7.02. The van der Waals surface area contributed by atoms with Gasteiger partial charge in [0.15, 0.2) is 0 Å². The molecule has 0 radical (unpaired) electrons. The second-order valence-corrected chi connectivity index (χ2v) is 7.58. The molecular formula is C12H16BrClFNO2S. The molecule has 0 amide bonds. The Morgan fingerprint density at radius 1 is 1.42 bits per heavy atom. The van der Waals surface area contributed by atoms with Gasteiger partial charge < -0.3 is 0 Å². The van der Waals surface area contributed by atoms with E-state index in [0.717, 1.165) is 6.07 Å². The summed E-state index contributed by atoms with van der Waals surface area (Å²) in [4.78, 5) is -0.366. The number of nitrogens with one attached hydrogen (secondary N) is 1. The van der Waals surface area contributed by atoms with Crippen LogP contribution in [-0.2, 0) is 10.0 Å². The van der Waals surface area contributed by atoms with Gasteiger partial charge in [-0.05, 0) is 30.5 Å². The van der Waals surface area contributed by atoms with Gasteiger partial charge >= 0.3 is 0 Å². The first-order valence-electron chi connectivity index (χ1n) is 5.79. The lowest BCUT2D eigenvalue weighted by Crippen LogP contribution is -2.37.